The van der Waals surface area contributed by atoms with E-state index in [4.69, 9.17) is 5.73 Å². The minimum Gasteiger partial charge on any atom is -0.328 e. The van der Waals surface area contributed by atoms with Gasteiger partial charge < -0.3 is 5.73 Å². The molecule has 82 valence electrons. The van der Waals surface area contributed by atoms with Crippen LogP contribution in [0.2, 0.25) is 0 Å². The lowest BCUT2D eigenvalue weighted by Gasteiger charge is -2.09. The van der Waals surface area contributed by atoms with Crippen LogP contribution in [-0.4, -0.2) is 11.8 Å². The molecule has 2 unspecified atom stereocenters. The van der Waals surface area contributed by atoms with Gasteiger partial charge >= 0.3 is 0 Å². The highest BCUT2D eigenvalue weighted by Gasteiger charge is 2.09. The molecule has 0 bridgehead atoms. The maximum Gasteiger partial charge on any atom is 0.158 e. The predicted octanol–water partition coefficient (Wildman–Crippen LogP) is 2.68. The van der Waals surface area contributed by atoms with E-state index in [1.54, 1.807) is 6.08 Å². The molecule has 0 aliphatic rings. The number of ketones is 1. The average molecular weight is 197 g/mol. The van der Waals surface area contributed by atoms with Gasteiger partial charge in [0.25, 0.3) is 0 Å². The zero-order valence-electron chi connectivity index (χ0n) is 9.84. The van der Waals surface area contributed by atoms with Gasteiger partial charge in [-0.05, 0) is 39.7 Å². The summed E-state index contributed by atoms with van der Waals surface area (Å²) in [5.74, 6) is 0.387. The molecular weight excluding hydrogens is 174 g/mol. The topological polar surface area (TPSA) is 43.1 Å². The van der Waals surface area contributed by atoms with Crippen molar-refractivity contribution >= 4 is 5.78 Å². The van der Waals surface area contributed by atoms with Crippen molar-refractivity contribution in [3.05, 3.63) is 11.6 Å². The first-order valence-corrected chi connectivity index (χ1v) is 5.37. The van der Waals surface area contributed by atoms with Crippen molar-refractivity contribution in [2.75, 3.05) is 0 Å². The molecule has 0 heterocycles. The van der Waals surface area contributed by atoms with Gasteiger partial charge in [-0.25, -0.2) is 0 Å². The molecule has 2 atom stereocenters. The van der Waals surface area contributed by atoms with Crippen LogP contribution in [0.25, 0.3) is 0 Å². The number of hydrogen-bond donors (Lipinski definition) is 1. The zero-order valence-corrected chi connectivity index (χ0v) is 9.84. The van der Waals surface area contributed by atoms with Crippen LogP contribution >= 0.6 is 0 Å². The fraction of sp³-hybridized carbons (Fsp3) is 0.750. The van der Waals surface area contributed by atoms with Crippen molar-refractivity contribution in [1.82, 2.24) is 0 Å². The standard InChI is InChI=1S/C12H23NO/c1-9(2)8-12(14)10(3)6-5-7-11(4)13/h8,10-11H,5-7,13H2,1-4H3. The third kappa shape index (κ3) is 6.84. The quantitative estimate of drug-likeness (QED) is 0.665. The molecule has 0 aromatic rings. The Morgan fingerprint density at radius 3 is 2.29 bits per heavy atom. The monoisotopic (exact) mass is 197 g/mol. The molecule has 0 amide bonds. The SMILES string of the molecule is CC(C)=CC(=O)C(C)CCCC(C)N. The van der Waals surface area contributed by atoms with Crippen LogP contribution in [0, 0.1) is 5.92 Å². The number of rotatable bonds is 6. The van der Waals surface area contributed by atoms with Gasteiger partial charge in [0.2, 0.25) is 0 Å². The van der Waals surface area contributed by atoms with Crippen molar-refractivity contribution in [1.29, 1.82) is 0 Å². The Morgan fingerprint density at radius 2 is 1.86 bits per heavy atom. The van der Waals surface area contributed by atoms with Crippen LogP contribution < -0.4 is 5.73 Å². The van der Waals surface area contributed by atoms with E-state index in [2.05, 4.69) is 0 Å². The third-order valence-corrected chi connectivity index (χ3v) is 2.21. The van der Waals surface area contributed by atoms with Gasteiger partial charge in [0.1, 0.15) is 0 Å². The largest absolute Gasteiger partial charge is 0.328 e. The van der Waals surface area contributed by atoms with Gasteiger partial charge in [-0.2, -0.15) is 0 Å². The average Bonchev–Trinajstić information content (AvgIpc) is 2.01. The number of nitrogens with two attached hydrogens (primary N) is 1. The molecule has 0 aromatic heterocycles. The zero-order chi connectivity index (χ0) is 11.1. The normalized spacial score (nSPS) is 14.6. The molecule has 2 heteroatoms. The summed E-state index contributed by atoms with van der Waals surface area (Å²) in [6, 6.07) is 0.251. The van der Waals surface area contributed by atoms with Gasteiger partial charge in [0.05, 0.1) is 0 Å². The Bertz CT molecular complexity index is 202. The molecule has 0 rings (SSSR count). The molecule has 2 nitrogen and oxygen atoms in total. The Balaban J connectivity index is 3.79. The van der Waals surface area contributed by atoms with E-state index in [0.29, 0.717) is 0 Å². The van der Waals surface area contributed by atoms with Gasteiger partial charge in [0, 0.05) is 12.0 Å². The van der Waals surface area contributed by atoms with Gasteiger partial charge in [-0.15, -0.1) is 0 Å². The van der Waals surface area contributed by atoms with Crippen molar-refractivity contribution in [2.24, 2.45) is 11.7 Å². The van der Waals surface area contributed by atoms with Gasteiger partial charge in [0.15, 0.2) is 5.78 Å². The summed E-state index contributed by atoms with van der Waals surface area (Å²) in [6.45, 7) is 7.89. The summed E-state index contributed by atoms with van der Waals surface area (Å²) in [5.41, 5.74) is 6.72. The smallest absolute Gasteiger partial charge is 0.158 e. The first-order chi connectivity index (χ1) is 6.43. The van der Waals surface area contributed by atoms with E-state index in [1.165, 1.54) is 0 Å². The highest BCUT2D eigenvalue weighted by atomic mass is 16.1. The number of carbonyl (C=O) groups is 1. The maximum atomic E-state index is 11.5. The highest BCUT2D eigenvalue weighted by Crippen LogP contribution is 2.11. The second-order valence-electron chi connectivity index (χ2n) is 4.43. The van der Waals surface area contributed by atoms with Crippen LogP contribution in [0.5, 0.6) is 0 Å². The molecule has 0 fully saturated rings. The summed E-state index contributed by atoms with van der Waals surface area (Å²) >= 11 is 0. The summed E-state index contributed by atoms with van der Waals surface area (Å²) in [6.07, 6.45) is 4.73. The molecule has 0 aromatic carbocycles. The molecule has 0 spiro atoms. The second-order valence-corrected chi connectivity index (χ2v) is 4.43. The van der Waals surface area contributed by atoms with E-state index >= 15 is 0 Å². The fourth-order valence-electron chi connectivity index (χ4n) is 1.32. The Morgan fingerprint density at radius 1 is 1.29 bits per heavy atom. The lowest BCUT2D eigenvalue weighted by Crippen LogP contribution is -2.15. The summed E-state index contributed by atoms with van der Waals surface area (Å²) in [5, 5.41) is 0. The number of hydrogen-bond acceptors (Lipinski definition) is 2. The van der Waals surface area contributed by atoms with E-state index in [9.17, 15) is 4.79 Å². The highest BCUT2D eigenvalue weighted by molar-refractivity contribution is 5.91. The van der Waals surface area contributed by atoms with Crippen LogP contribution in [0.15, 0.2) is 11.6 Å². The van der Waals surface area contributed by atoms with Crippen molar-refractivity contribution in [3.63, 3.8) is 0 Å². The van der Waals surface area contributed by atoms with Gasteiger partial charge in [-0.1, -0.05) is 18.9 Å². The molecular formula is C12H23NO. The first kappa shape index (κ1) is 13.4. The Kier molecular flexibility index (Phi) is 6.46. The lowest BCUT2D eigenvalue weighted by atomic mass is 9.97. The van der Waals surface area contributed by atoms with Crippen LogP contribution in [0.1, 0.15) is 47.0 Å². The Hall–Kier alpha value is -0.630. The number of allylic oxidation sites excluding steroid dienone is 2. The molecule has 0 aliphatic heterocycles. The molecule has 0 radical (unpaired) electrons. The summed E-state index contributed by atoms with van der Waals surface area (Å²) in [7, 11) is 0. The van der Waals surface area contributed by atoms with E-state index in [-0.39, 0.29) is 17.7 Å². The van der Waals surface area contributed by atoms with E-state index in [0.717, 1.165) is 24.8 Å². The fourth-order valence-corrected chi connectivity index (χ4v) is 1.32. The van der Waals surface area contributed by atoms with E-state index in [1.807, 2.05) is 27.7 Å². The number of carbonyl (C=O) groups excluding carboxylic acids is 1. The second kappa shape index (κ2) is 6.77. The van der Waals surface area contributed by atoms with Crippen LogP contribution in [-0.2, 0) is 4.79 Å². The van der Waals surface area contributed by atoms with Crippen molar-refractivity contribution in [2.45, 2.75) is 53.0 Å². The minimum absolute atomic E-state index is 0.142. The summed E-state index contributed by atoms with van der Waals surface area (Å²) in [4.78, 5) is 11.5. The van der Waals surface area contributed by atoms with Gasteiger partial charge in [-0.3, -0.25) is 4.79 Å². The van der Waals surface area contributed by atoms with Crippen molar-refractivity contribution < 1.29 is 4.79 Å². The molecule has 2 N–H and O–H groups in total. The lowest BCUT2D eigenvalue weighted by molar-refractivity contribution is -0.118. The van der Waals surface area contributed by atoms with Crippen LogP contribution in [0.3, 0.4) is 0 Å². The van der Waals surface area contributed by atoms with E-state index < -0.39 is 0 Å². The molecule has 0 saturated heterocycles. The van der Waals surface area contributed by atoms with Crippen molar-refractivity contribution in [3.8, 4) is 0 Å². The third-order valence-electron chi connectivity index (χ3n) is 2.21. The predicted molar refractivity (Wildman–Crippen MR) is 61.1 cm³/mol. The summed E-state index contributed by atoms with van der Waals surface area (Å²) < 4.78 is 0. The molecule has 14 heavy (non-hydrogen) atoms. The minimum atomic E-state index is 0.142. The first-order valence-electron chi connectivity index (χ1n) is 5.37. The Labute approximate surface area is 87.6 Å². The molecule has 0 aliphatic carbocycles. The van der Waals surface area contributed by atoms with Crippen LogP contribution in [0.4, 0.5) is 0 Å². The molecule has 0 saturated carbocycles. The maximum absolute atomic E-state index is 11.5.